The standard InChI is InChI=1S/C12H16O4.C11H13BrO3/c1-14-6-3-7-16-12-8-10(9-13)4-5-11(12)15-2;1-14-10-4-3-9(8-13)7-11(10)15-6-2-5-12/h4-5,8-9H,3,6-7H2,1-2H3;3-4,7-8H,2,5-6H2,1H3/i1D3,2D3;1D3. The van der Waals surface area contributed by atoms with Crippen molar-refractivity contribution in [3.63, 3.8) is 0 Å². The number of benzene rings is 2. The van der Waals surface area contributed by atoms with Crippen LogP contribution in [-0.4, -0.2) is 58.8 Å². The van der Waals surface area contributed by atoms with Crippen LogP contribution in [0.2, 0.25) is 0 Å². The van der Waals surface area contributed by atoms with Crippen LogP contribution in [0.3, 0.4) is 0 Å². The lowest BCUT2D eigenvalue weighted by atomic mass is 10.2. The number of rotatable bonds is 13. The van der Waals surface area contributed by atoms with Crippen LogP contribution in [0.4, 0.5) is 0 Å². The second kappa shape index (κ2) is 16.2. The van der Waals surface area contributed by atoms with Crippen molar-refractivity contribution >= 4 is 28.5 Å². The highest BCUT2D eigenvalue weighted by Gasteiger charge is 2.06. The lowest BCUT2D eigenvalue weighted by Crippen LogP contribution is -2.03. The molecule has 0 aliphatic heterocycles. The van der Waals surface area contributed by atoms with E-state index in [4.69, 9.17) is 31.3 Å². The van der Waals surface area contributed by atoms with Crippen molar-refractivity contribution in [3.8, 4) is 23.0 Å². The number of hydrogen-bond acceptors (Lipinski definition) is 7. The van der Waals surface area contributed by atoms with Gasteiger partial charge in [0.1, 0.15) is 12.6 Å². The van der Waals surface area contributed by atoms with E-state index < -0.39 is 21.1 Å². The Bertz CT molecular complexity index is 1070. The van der Waals surface area contributed by atoms with Gasteiger partial charge in [-0.2, -0.15) is 0 Å². The molecule has 0 amide bonds. The molecule has 170 valence electrons. The zero-order valence-corrected chi connectivity index (χ0v) is 18.2. The highest BCUT2D eigenvalue weighted by Crippen LogP contribution is 2.28. The summed E-state index contributed by atoms with van der Waals surface area (Å²) >= 11 is 3.26. The molecule has 2 aromatic rings. The summed E-state index contributed by atoms with van der Waals surface area (Å²) in [7, 11) is -7.66. The maximum atomic E-state index is 10.8. The zero-order valence-electron chi connectivity index (χ0n) is 25.6. The first kappa shape index (κ1) is 15.3. The molecule has 0 aliphatic carbocycles. The molecular weight excluding hydrogens is 468 g/mol. The van der Waals surface area contributed by atoms with Crippen molar-refractivity contribution in [2.24, 2.45) is 0 Å². The van der Waals surface area contributed by atoms with E-state index >= 15 is 0 Å². The van der Waals surface area contributed by atoms with Crippen molar-refractivity contribution in [1.29, 1.82) is 0 Å². The third-order valence-electron chi connectivity index (χ3n) is 3.61. The monoisotopic (exact) mass is 505 g/mol. The molecule has 0 spiro atoms. The normalized spacial score (nSPS) is 15.3. The first-order chi connectivity index (χ1) is 18.6. The number of halogens is 1. The second-order valence-electron chi connectivity index (χ2n) is 5.79. The van der Waals surface area contributed by atoms with Crippen molar-refractivity contribution in [2.45, 2.75) is 12.8 Å². The molecule has 2 rings (SSSR count). The predicted octanol–water partition coefficient (Wildman–Crippen LogP) is 4.59. The minimum absolute atomic E-state index is 0.0256. The Morgan fingerprint density at radius 2 is 1.32 bits per heavy atom. The Balaban J connectivity index is 0.000000408. The van der Waals surface area contributed by atoms with E-state index in [1.807, 2.05) is 0 Å². The summed E-state index contributed by atoms with van der Waals surface area (Å²) in [6.45, 7) is 0.444. The largest absolute Gasteiger partial charge is 0.493 e. The highest BCUT2D eigenvalue weighted by molar-refractivity contribution is 9.09. The van der Waals surface area contributed by atoms with Gasteiger partial charge in [-0.15, -0.1) is 0 Å². The van der Waals surface area contributed by atoms with Crippen LogP contribution >= 0.6 is 15.9 Å². The van der Waals surface area contributed by atoms with Crippen LogP contribution in [0.1, 0.15) is 45.9 Å². The van der Waals surface area contributed by atoms with Gasteiger partial charge in [0.2, 0.25) is 0 Å². The summed E-state index contributed by atoms with van der Waals surface area (Å²) in [4.78, 5) is 21.4. The van der Waals surface area contributed by atoms with E-state index in [1.165, 1.54) is 36.4 Å². The lowest BCUT2D eigenvalue weighted by Gasteiger charge is -2.10. The third kappa shape index (κ3) is 9.85. The van der Waals surface area contributed by atoms with Gasteiger partial charge in [-0.3, -0.25) is 9.59 Å². The average Bonchev–Trinajstić information content (AvgIpc) is 2.83. The van der Waals surface area contributed by atoms with Gasteiger partial charge in [-0.05, 0) is 42.8 Å². The lowest BCUT2D eigenvalue weighted by molar-refractivity contribution is 0.111. The zero-order chi connectivity index (χ0) is 30.4. The molecule has 8 heteroatoms. The Hall–Kier alpha value is -2.58. The fourth-order valence-corrected chi connectivity index (χ4v) is 2.37. The molecule has 0 fully saturated rings. The molecule has 0 saturated carbocycles. The molecule has 0 saturated heterocycles. The fourth-order valence-electron chi connectivity index (χ4n) is 2.14. The topological polar surface area (TPSA) is 80.3 Å². The Labute approximate surface area is 204 Å². The Kier molecular flexibility index (Phi) is 7.95. The maximum absolute atomic E-state index is 10.8. The number of methoxy groups -OCH3 is 3. The van der Waals surface area contributed by atoms with Crippen molar-refractivity contribution in [2.75, 3.05) is 46.3 Å². The van der Waals surface area contributed by atoms with Gasteiger partial charge < -0.3 is 23.7 Å². The number of carbonyl (C=O) groups excluding carboxylic acids is 2. The molecule has 0 aromatic heterocycles. The molecule has 0 radical (unpaired) electrons. The quantitative estimate of drug-likeness (QED) is 0.223. The molecule has 0 heterocycles. The summed E-state index contributed by atoms with van der Waals surface area (Å²) < 4.78 is 87.9. The van der Waals surface area contributed by atoms with Crippen molar-refractivity contribution in [3.05, 3.63) is 47.5 Å². The summed E-state index contributed by atoms with van der Waals surface area (Å²) in [6, 6.07) is 8.43. The van der Waals surface area contributed by atoms with E-state index in [1.54, 1.807) is 0 Å². The Morgan fingerprint density at radius 1 is 0.774 bits per heavy atom. The number of carbonyl (C=O) groups is 2. The van der Waals surface area contributed by atoms with Crippen LogP contribution in [0.25, 0.3) is 0 Å². The smallest absolute Gasteiger partial charge is 0.161 e. The van der Waals surface area contributed by atoms with Crippen molar-refractivity contribution < 1.29 is 45.6 Å². The van der Waals surface area contributed by atoms with Crippen LogP contribution in [0.15, 0.2) is 36.4 Å². The number of aldehydes is 2. The summed E-state index contributed by atoms with van der Waals surface area (Å²) in [6.07, 6.45) is 2.29. The Morgan fingerprint density at radius 3 is 1.77 bits per heavy atom. The number of hydrogen-bond donors (Lipinski definition) is 0. The summed E-state index contributed by atoms with van der Waals surface area (Å²) in [5.41, 5.74) is 0.702. The molecule has 2 aromatic carbocycles. The minimum atomic E-state index is -2.65. The predicted molar refractivity (Wildman–Crippen MR) is 123 cm³/mol. The third-order valence-corrected chi connectivity index (χ3v) is 4.17. The first-order valence-corrected chi connectivity index (χ1v) is 10.2. The van der Waals surface area contributed by atoms with Crippen molar-refractivity contribution in [1.82, 2.24) is 0 Å². The minimum Gasteiger partial charge on any atom is -0.493 e. The van der Waals surface area contributed by atoms with Gasteiger partial charge in [0.15, 0.2) is 23.0 Å². The molecule has 7 nitrogen and oxygen atoms in total. The van der Waals surface area contributed by atoms with Gasteiger partial charge in [0.25, 0.3) is 0 Å². The summed E-state index contributed by atoms with van der Waals surface area (Å²) in [5, 5.41) is 0.774. The van der Waals surface area contributed by atoms with E-state index in [9.17, 15) is 9.59 Å². The molecule has 31 heavy (non-hydrogen) atoms. The molecule has 0 atom stereocenters. The van der Waals surface area contributed by atoms with Gasteiger partial charge in [-0.1, -0.05) is 15.9 Å². The van der Waals surface area contributed by atoms with Gasteiger partial charge in [0, 0.05) is 36.5 Å². The fraction of sp³-hybridized carbons (Fsp3) is 0.391. The average molecular weight is 506 g/mol. The first-order valence-electron chi connectivity index (χ1n) is 13.6. The van der Waals surface area contributed by atoms with E-state index in [2.05, 4.69) is 20.7 Å². The van der Waals surface area contributed by atoms with Crippen LogP contribution in [-0.2, 0) is 4.74 Å². The van der Waals surface area contributed by atoms with Gasteiger partial charge >= 0.3 is 0 Å². The van der Waals surface area contributed by atoms with Crippen LogP contribution < -0.4 is 18.9 Å². The second-order valence-corrected chi connectivity index (χ2v) is 6.59. The van der Waals surface area contributed by atoms with Gasteiger partial charge in [0.05, 0.1) is 39.6 Å². The molecule has 0 aliphatic rings. The maximum Gasteiger partial charge on any atom is 0.161 e. The molecule has 0 bridgehead atoms. The summed E-state index contributed by atoms with van der Waals surface area (Å²) in [5.74, 6) is 0.434. The molecule has 0 N–H and O–H groups in total. The molecule has 0 unspecified atom stereocenters. The molecular formula is C23H29BrO7. The van der Waals surface area contributed by atoms with Crippen LogP contribution in [0.5, 0.6) is 23.0 Å². The van der Waals surface area contributed by atoms with Crippen LogP contribution in [0, 0.1) is 0 Å². The van der Waals surface area contributed by atoms with E-state index in [0.29, 0.717) is 30.3 Å². The van der Waals surface area contributed by atoms with Gasteiger partial charge in [-0.25, -0.2) is 0 Å². The SMILES string of the molecule is [2H]C([2H])([2H])OCCCOc1cc(C=O)ccc1OC([2H])([2H])[2H].[2H]C([2H])([2H])Oc1ccc(C=O)cc1OCCCBr. The number of alkyl halides is 1. The van der Waals surface area contributed by atoms with E-state index in [-0.39, 0.29) is 42.6 Å². The van der Waals surface area contributed by atoms with E-state index in [0.717, 1.165) is 11.8 Å². The highest BCUT2D eigenvalue weighted by atomic mass is 79.9. The number of ether oxygens (including phenoxy) is 5.